The van der Waals surface area contributed by atoms with E-state index in [-0.39, 0.29) is 25.7 Å². The lowest BCUT2D eigenvalue weighted by molar-refractivity contribution is -0.161. The number of rotatable bonds is 61. The van der Waals surface area contributed by atoms with Crippen LogP contribution >= 0.6 is 15.6 Å². The van der Waals surface area contributed by atoms with E-state index < -0.39 is 97.5 Å². The molecule has 3 N–H and O–H groups in total. The zero-order chi connectivity index (χ0) is 61.8. The van der Waals surface area contributed by atoms with Crippen molar-refractivity contribution in [1.82, 2.24) is 0 Å². The quantitative estimate of drug-likeness (QED) is 0.0222. The van der Waals surface area contributed by atoms with Gasteiger partial charge in [0.25, 0.3) is 0 Å². The van der Waals surface area contributed by atoms with Crippen LogP contribution in [0.5, 0.6) is 0 Å². The lowest BCUT2D eigenvalue weighted by Crippen LogP contribution is -2.30. The van der Waals surface area contributed by atoms with Gasteiger partial charge in [0.2, 0.25) is 0 Å². The van der Waals surface area contributed by atoms with Gasteiger partial charge in [0.15, 0.2) is 12.2 Å². The molecule has 0 fully saturated rings. The molecule has 0 aromatic carbocycles. The van der Waals surface area contributed by atoms with Gasteiger partial charge in [0.05, 0.1) is 26.4 Å². The van der Waals surface area contributed by atoms with Gasteiger partial charge in [0.1, 0.15) is 19.3 Å². The summed E-state index contributed by atoms with van der Waals surface area (Å²) in [6.45, 7) is 13.9. The number of ether oxygens (including phenoxy) is 4. The molecule has 6 atom stereocenters. The SMILES string of the molecule is CCC(C)CCCCCCCCC(=O)OC[C@H](COP(=O)(O)OCC(O)COP(=O)(O)OC[C@@H](COC(=O)CCCCCCCCCC(C)C)OC(=O)CCCCCCCCCCCC(C)C)OC(=O)CCCCCCCCCCC(C)C. The number of aliphatic hydroxyl groups excluding tert-OH is 1. The summed E-state index contributed by atoms with van der Waals surface area (Å²) in [5.41, 5.74) is 0. The summed E-state index contributed by atoms with van der Waals surface area (Å²) in [5, 5.41) is 10.5. The van der Waals surface area contributed by atoms with Gasteiger partial charge in [-0.3, -0.25) is 37.3 Å². The third kappa shape index (κ3) is 57.6. The van der Waals surface area contributed by atoms with Gasteiger partial charge in [-0.15, -0.1) is 0 Å². The molecule has 0 aliphatic carbocycles. The highest BCUT2D eigenvalue weighted by molar-refractivity contribution is 7.47. The minimum absolute atomic E-state index is 0.103. The third-order valence-corrected chi connectivity index (χ3v) is 16.8. The summed E-state index contributed by atoms with van der Waals surface area (Å²) in [6, 6.07) is 0. The molecule has 0 spiro atoms. The Hall–Kier alpha value is -1.94. The van der Waals surface area contributed by atoms with E-state index in [0.717, 1.165) is 120 Å². The Morgan fingerprint density at radius 1 is 0.337 bits per heavy atom. The topological polar surface area (TPSA) is 237 Å². The van der Waals surface area contributed by atoms with Crippen LogP contribution in [0.3, 0.4) is 0 Å². The lowest BCUT2D eigenvalue weighted by atomic mass is 10.00. The Morgan fingerprint density at radius 2 is 0.578 bits per heavy atom. The lowest BCUT2D eigenvalue weighted by Gasteiger charge is -2.21. The third-order valence-electron chi connectivity index (χ3n) is 14.9. The van der Waals surface area contributed by atoms with Crippen molar-refractivity contribution in [3.63, 3.8) is 0 Å². The number of aliphatic hydroxyl groups is 1. The molecule has 0 aromatic rings. The van der Waals surface area contributed by atoms with Crippen LogP contribution in [0.2, 0.25) is 0 Å². The molecular formula is C64H124O17P2. The molecular weight excluding hydrogens is 1100 g/mol. The fraction of sp³-hybridized carbons (Fsp3) is 0.938. The molecule has 83 heavy (non-hydrogen) atoms. The fourth-order valence-corrected chi connectivity index (χ4v) is 11.0. The Balaban J connectivity index is 5.26. The van der Waals surface area contributed by atoms with Crippen LogP contribution in [-0.4, -0.2) is 96.7 Å². The molecule has 0 saturated heterocycles. The van der Waals surface area contributed by atoms with E-state index in [4.69, 9.17) is 37.0 Å². The fourth-order valence-electron chi connectivity index (χ4n) is 9.40. The molecule has 0 aromatic heterocycles. The number of esters is 4. The van der Waals surface area contributed by atoms with Crippen LogP contribution in [0.15, 0.2) is 0 Å². The van der Waals surface area contributed by atoms with E-state index in [0.29, 0.717) is 31.6 Å². The smallest absolute Gasteiger partial charge is 0.462 e. The van der Waals surface area contributed by atoms with E-state index >= 15 is 0 Å². The van der Waals surface area contributed by atoms with Gasteiger partial charge in [-0.05, 0) is 49.4 Å². The number of unbranched alkanes of at least 4 members (excludes halogenated alkanes) is 26. The molecule has 17 nitrogen and oxygen atoms in total. The first-order chi connectivity index (χ1) is 39.6. The molecule has 0 aliphatic heterocycles. The normalized spacial score (nSPS) is 14.8. The summed E-state index contributed by atoms with van der Waals surface area (Å²) in [4.78, 5) is 72.2. The van der Waals surface area contributed by atoms with Crippen molar-refractivity contribution >= 4 is 39.5 Å². The van der Waals surface area contributed by atoms with Gasteiger partial charge < -0.3 is 33.8 Å². The number of hydrogen-bond donors (Lipinski definition) is 3. The predicted octanol–water partition coefficient (Wildman–Crippen LogP) is 17.4. The van der Waals surface area contributed by atoms with E-state index in [2.05, 4.69) is 55.4 Å². The van der Waals surface area contributed by atoms with Gasteiger partial charge in [0, 0.05) is 25.7 Å². The van der Waals surface area contributed by atoms with Crippen molar-refractivity contribution in [3.8, 4) is 0 Å². The first-order valence-corrected chi connectivity index (χ1v) is 36.2. The summed E-state index contributed by atoms with van der Waals surface area (Å²) in [7, 11) is -9.89. The summed E-state index contributed by atoms with van der Waals surface area (Å²) >= 11 is 0. The largest absolute Gasteiger partial charge is 0.472 e. The highest BCUT2D eigenvalue weighted by atomic mass is 31.2. The maximum atomic E-state index is 13.0. The summed E-state index contributed by atoms with van der Waals surface area (Å²) in [5.74, 6) is 0.749. The van der Waals surface area contributed by atoms with Crippen molar-refractivity contribution < 1.29 is 80.2 Å². The van der Waals surface area contributed by atoms with Crippen molar-refractivity contribution in [2.24, 2.45) is 23.7 Å². The molecule has 0 amide bonds. The zero-order valence-electron chi connectivity index (χ0n) is 53.8. The highest BCUT2D eigenvalue weighted by Crippen LogP contribution is 2.45. The first-order valence-electron chi connectivity index (χ1n) is 33.2. The van der Waals surface area contributed by atoms with Gasteiger partial charge >= 0.3 is 39.5 Å². The minimum atomic E-state index is -4.95. The Morgan fingerprint density at radius 3 is 0.855 bits per heavy atom. The van der Waals surface area contributed by atoms with Crippen molar-refractivity contribution in [3.05, 3.63) is 0 Å². The van der Waals surface area contributed by atoms with Crippen LogP contribution in [-0.2, 0) is 65.4 Å². The minimum Gasteiger partial charge on any atom is -0.462 e. The molecule has 4 unspecified atom stereocenters. The first kappa shape index (κ1) is 81.1. The number of phosphoric acid groups is 2. The second-order valence-corrected chi connectivity index (χ2v) is 27.7. The second kappa shape index (κ2) is 54.2. The van der Waals surface area contributed by atoms with Crippen molar-refractivity contribution in [1.29, 1.82) is 0 Å². The summed E-state index contributed by atoms with van der Waals surface area (Å²) < 4.78 is 68.0. The molecule has 492 valence electrons. The highest BCUT2D eigenvalue weighted by Gasteiger charge is 2.30. The predicted molar refractivity (Wildman–Crippen MR) is 331 cm³/mol. The molecule has 19 heteroatoms. The van der Waals surface area contributed by atoms with E-state index in [1.165, 1.54) is 96.3 Å². The molecule has 0 bridgehead atoms. The molecule has 0 radical (unpaired) electrons. The van der Waals surface area contributed by atoms with Gasteiger partial charge in [-0.25, -0.2) is 9.13 Å². The summed E-state index contributed by atoms with van der Waals surface area (Å²) in [6.07, 6.45) is 33.6. The van der Waals surface area contributed by atoms with Crippen molar-refractivity contribution in [2.75, 3.05) is 39.6 Å². The molecule has 0 aliphatic rings. The monoisotopic (exact) mass is 1230 g/mol. The average molecular weight is 1230 g/mol. The second-order valence-electron chi connectivity index (χ2n) is 24.8. The van der Waals surface area contributed by atoms with E-state index in [1.54, 1.807) is 0 Å². The number of carbonyl (C=O) groups is 4. The Labute approximate surface area is 505 Å². The number of carbonyl (C=O) groups excluding carboxylic acids is 4. The molecule has 0 saturated carbocycles. The maximum absolute atomic E-state index is 13.0. The Kier molecular flexibility index (Phi) is 53.0. The molecule has 0 heterocycles. The number of phosphoric ester groups is 2. The average Bonchev–Trinajstić information content (AvgIpc) is 3.47. The van der Waals surface area contributed by atoms with Crippen LogP contribution in [0, 0.1) is 23.7 Å². The van der Waals surface area contributed by atoms with E-state index in [1.807, 2.05) is 0 Å². The maximum Gasteiger partial charge on any atom is 0.472 e. The standard InChI is InChI=1S/C64H124O17P2/c1-9-57(8)43-35-27-22-23-29-37-45-62(67)75-51-60(81-64(69)47-39-31-20-14-13-17-25-33-41-55(4)5)53-79-83(72,73)77-49-58(65)48-76-82(70,71)78-52-59(50-74-61(66)44-36-28-21-15-18-26-34-42-56(6)7)80-63(68)46-38-30-19-12-10-11-16-24-32-40-54(2)3/h54-60,65H,9-53H2,1-8H3,(H,70,71)(H,72,73)/t57?,58?,59-,60-/m1/s1. The molecule has 0 rings (SSSR count). The van der Waals surface area contributed by atoms with Crippen LogP contribution in [0.25, 0.3) is 0 Å². The zero-order valence-corrected chi connectivity index (χ0v) is 55.6. The van der Waals surface area contributed by atoms with Crippen molar-refractivity contribution in [2.45, 2.75) is 324 Å². The van der Waals surface area contributed by atoms with Crippen LogP contribution in [0.1, 0.15) is 306 Å². The number of hydrogen-bond acceptors (Lipinski definition) is 15. The van der Waals surface area contributed by atoms with Crippen LogP contribution in [0.4, 0.5) is 0 Å². The van der Waals surface area contributed by atoms with E-state index in [9.17, 15) is 43.2 Å². The van der Waals surface area contributed by atoms with Crippen LogP contribution < -0.4 is 0 Å². The Bertz CT molecular complexity index is 1660. The van der Waals surface area contributed by atoms with Gasteiger partial charge in [-0.2, -0.15) is 0 Å². The van der Waals surface area contributed by atoms with Gasteiger partial charge in [-0.1, -0.05) is 254 Å².